The number of methoxy groups -OCH3 is 1. The number of ether oxygens (including phenoxy) is 1. The van der Waals surface area contributed by atoms with Crippen LogP contribution in [0.5, 0.6) is 0 Å². The second kappa shape index (κ2) is 9.20. The van der Waals surface area contributed by atoms with Gasteiger partial charge < -0.3 is 15.0 Å². The summed E-state index contributed by atoms with van der Waals surface area (Å²) in [7, 11) is 1.20. The number of carbonyl (C=O) groups excluding carboxylic acids is 2. The first-order valence-corrected chi connectivity index (χ1v) is 9.68. The van der Waals surface area contributed by atoms with Crippen LogP contribution in [0.4, 0.5) is 18.9 Å². The molecule has 0 saturated carbocycles. The van der Waals surface area contributed by atoms with E-state index in [2.05, 4.69) is 15.0 Å². The number of amides is 1. The second-order valence-corrected chi connectivity index (χ2v) is 7.36. The highest BCUT2D eigenvalue weighted by molar-refractivity contribution is 5.95. The van der Waals surface area contributed by atoms with Crippen molar-refractivity contribution in [1.29, 1.82) is 5.26 Å². The highest BCUT2D eigenvalue weighted by Gasteiger charge is 2.45. The number of fused-ring (bicyclic) bond motifs is 1. The number of nitrogens with one attached hydrogen (secondary N) is 1. The van der Waals surface area contributed by atoms with Gasteiger partial charge in [-0.2, -0.15) is 18.4 Å². The number of carbonyl (C=O) groups is 2. The lowest BCUT2D eigenvalue weighted by atomic mass is 9.92. The van der Waals surface area contributed by atoms with E-state index in [-0.39, 0.29) is 32.4 Å². The van der Waals surface area contributed by atoms with Gasteiger partial charge in [-0.05, 0) is 30.7 Å². The van der Waals surface area contributed by atoms with Crippen LogP contribution in [0.15, 0.2) is 30.5 Å². The standard InChI is InChI=1S/C21H21F3N4O3/c1-31-19(30)7-6-18(29)27-15-9-14(21(22,23)24)11-28(12-15)17-5-4-13(10-25)20-16(17)3-2-8-26-20/h2-5,8,14-15H,6-7,9,11-12H2,1H3,(H,27,29). The van der Waals surface area contributed by atoms with Crippen LogP contribution in [0.25, 0.3) is 10.9 Å². The fraction of sp³-hybridized carbons (Fsp3) is 0.429. The number of aromatic nitrogens is 1. The van der Waals surface area contributed by atoms with Gasteiger partial charge in [-0.1, -0.05) is 0 Å². The van der Waals surface area contributed by atoms with Crippen molar-refractivity contribution < 1.29 is 27.5 Å². The summed E-state index contributed by atoms with van der Waals surface area (Å²) in [5.74, 6) is -2.72. The Balaban J connectivity index is 1.87. The molecule has 0 bridgehead atoms. The third-order valence-corrected chi connectivity index (χ3v) is 5.27. The average Bonchev–Trinajstić information content (AvgIpc) is 2.75. The summed E-state index contributed by atoms with van der Waals surface area (Å²) < 4.78 is 45.3. The number of benzene rings is 1. The van der Waals surface area contributed by atoms with Gasteiger partial charge in [-0.25, -0.2) is 0 Å². The Kier molecular flexibility index (Phi) is 6.63. The van der Waals surface area contributed by atoms with Crippen LogP contribution in [-0.4, -0.2) is 49.3 Å². The van der Waals surface area contributed by atoms with Gasteiger partial charge in [-0.3, -0.25) is 14.6 Å². The molecule has 0 aliphatic carbocycles. The molecule has 7 nitrogen and oxygen atoms in total. The maximum atomic E-state index is 13.6. The molecule has 3 rings (SSSR count). The molecule has 1 aliphatic heterocycles. The Morgan fingerprint density at radius 1 is 1.29 bits per heavy atom. The molecule has 1 amide bonds. The van der Waals surface area contributed by atoms with Gasteiger partial charge in [0.05, 0.1) is 30.5 Å². The van der Waals surface area contributed by atoms with Gasteiger partial charge in [0.15, 0.2) is 0 Å². The summed E-state index contributed by atoms with van der Waals surface area (Å²) >= 11 is 0. The number of rotatable bonds is 5. The third kappa shape index (κ3) is 5.23. The number of halogens is 3. The van der Waals surface area contributed by atoms with E-state index in [1.807, 2.05) is 6.07 Å². The number of nitriles is 1. The van der Waals surface area contributed by atoms with E-state index in [0.29, 0.717) is 22.2 Å². The zero-order chi connectivity index (χ0) is 22.6. The van der Waals surface area contributed by atoms with Gasteiger partial charge >= 0.3 is 12.1 Å². The Hall–Kier alpha value is -3.35. The maximum absolute atomic E-state index is 13.6. The number of hydrogen-bond acceptors (Lipinski definition) is 6. The summed E-state index contributed by atoms with van der Waals surface area (Å²) in [4.78, 5) is 29.2. The molecule has 2 atom stereocenters. The number of alkyl halides is 3. The third-order valence-electron chi connectivity index (χ3n) is 5.27. The molecular formula is C21H21F3N4O3. The first-order valence-electron chi connectivity index (χ1n) is 9.68. The Morgan fingerprint density at radius 2 is 2.06 bits per heavy atom. The lowest BCUT2D eigenvalue weighted by molar-refractivity contribution is -0.178. The predicted octanol–water partition coefficient (Wildman–Crippen LogP) is 2.93. The molecule has 1 fully saturated rings. The number of nitrogens with zero attached hydrogens (tertiary/aromatic N) is 3. The Morgan fingerprint density at radius 3 is 2.74 bits per heavy atom. The fourth-order valence-corrected chi connectivity index (χ4v) is 3.78. The Labute approximate surface area is 176 Å². The molecule has 1 aromatic carbocycles. The maximum Gasteiger partial charge on any atom is 0.393 e. The zero-order valence-electron chi connectivity index (χ0n) is 16.8. The normalized spacial score (nSPS) is 19.0. The minimum atomic E-state index is -4.44. The number of esters is 1. The van der Waals surface area contributed by atoms with Crippen LogP contribution < -0.4 is 10.2 Å². The summed E-state index contributed by atoms with van der Waals surface area (Å²) in [6, 6.07) is 7.79. The van der Waals surface area contributed by atoms with Crippen molar-refractivity contribution in [3.63, 3.8) is 0 Å². The van der Waals surface area contributed by atoms with Crippen LogP contribution in [-0.2, 0) is 14.3 Å². The van der Waals surface area contributed by atoms with E-state index in [9.17, 15) is 28.0 Å². The Bertz CT molecular complexity index is 1020. The van der Waals surface area contributed by atoms with Gasteiger partial charge in [0, 0.05) is 42.8 Å². The molecule has 164 valence electrons. The summed E-state index contributed by atoms with van der Waals surface area (Å²) in [6.45, 7) is -0.111. The topological polar surface area (TPSA) is 95.3 Å². The van der Waals surface area contributed by atoms with E-state index in [1.54, 1.807) is 23.1 Å². The summed E-state index contributed by atoms with van der Waals surface area (Å²) in [5, 5.41) is 12.5. The van der Waals surface area contributed by atoms with Gasteiger partial charge in [0.25, 0.3) is 0 Å². The second-order valence-electron chi connectivity index (χ2n) is 7.36. The molecule has 10 heteroatoms. The van der Waals surface area contributed by atoms with Crippen LogP contribution in [0, 0.1) is 17.2 Å². The van der Waals surface area contributed by atoms with Gasteiger partial charge in [-0.15, -0.1) is 0 Å². The number of pyridine rings is 1. The molecule has 2 aromatic rings. The van der Waals surface area contributed by atoms with Crippen LogP contribution >= 0.6 is 0 Å². The quantitative estimate of drug-likeness (QED) is 0.727. The molecule has 2 heterocycles. The monoisotopic (exact) mass is 434 g/mol. The average molecular weight is 434 g/mol. The van der Waals surface area contributed by atoms with E-state index < -0.39 is 30.0 Å². The van der Waals surface area contributed by atoms with Crippen molar-refractivity contribution in [3.05, 3.63) is 36.0 Å². The number of piperidine rings is 1. The zero-order valence-corrected chi connectivity index (χ0v) is 16.8. The molecule has 0 radical (unpaired) electrons. The van der Waals surface area contributed by atoms with Crippen molar-refractivity contribution in [1.82, 2.24) is 10.3 Å². The summed E-state index contributed by atoms with van der Waals surface area (Å²) in [6.07, 6.45) is -3.48. The minimum Gasteiger partial charge on any atom is -0.469 e. The van der Waals surface area contributed by atoms with E-state index in [4.69, 9.17) is 0 Å². The van der Waals surface area contributed by atoms with E-state index in [1.165, 1.54) is 19.4 Å². The SMILES string of the molecule is COC(=O)CCC(=O)NC1CC(C(F)(F)F)CN(c2ccc(C#N)c3ncccc23)C1. The summed E-state index contributed by atoms with van der Waals surface area (Å²) in [5.41, 5.74) is 1.26. The van der Waals surface area contributed by atoms with E-state index in [0.717, 1.165) is 0 Å². The first kappa shape index (κ1) is 22.3. The molecular weight excluding hydrogens is 413 g/mol. The lowest BCUT2D eigenvalue weighted by Gasteiger charge is -2.40. The van der Waals surface area contributed by atoms with Gasteiger partial charge in [0.2, 0.25) is 5.91 Å². The van der Waals surface area contributed by atoms with Crippen LogP contribution in [0.1, 0.15) is 24.8 Å². The minimum absolute atomic E-state index is 0.145. The van der Waals surface area contributed by atoms with Crippen LogP contribution in [0.3, 0.4) is 0 Å². The van der Waals surface area contributed by atoms with Crippen molar-refractivity contribution in [2.45, 2.75) is 31.5 Å². The number of hydrogen-bond donors (Lipinski definition) is 1. The molecule has 1 aromatic heterocycles. The first-order chi connectivity index (χ1) is 14.7. The van der Waals surface area contributed by atoms with Crippen molar-refractivity contribution in [3.8, 4) is 6.07 Å². The number of anilines is 1. The van der Waals surface area contributed by atoms with Crippen molar-refractivity contribution in [2.75, 3.05) is 25.1 Å². The van der Waals surface area contributed by atoms with Crippen molar-refractivity contribution in [2.24, 2.45) is 5.92 Å². The lowest BCUT2D eigenvalue weighted by Crippen LogP contribution is -2.54. The highest BCUT2D eigenvalue weighted by atomic mass is 19.4. The predicted molar refractivity (Wildman–Crippen MR) is 106 cm³/mol. The molecule has 1 saturated heterocycles. The molecule has 31 heavy (non-hydrogen) atoms. The molecule has 2 unspecified atom stereocenters. The molecule has 1 aliphatic rings. The van der Waals surface area contributed by atoms with Crippen LogP contribution in [0.2, 0.25) is 0 Å². The largest absolute Gasteiger partial charge is 0.469 e. The molecule has 0 spiro atoms. The molecule has 1 N–H and O–H groups in total. The van der Waals surface area contributed by atoms with Gasteiger partial charge in [0.1, 0.15) is 6.07 Å². The van der Waals surface area contributed by atoms with E-state index >= 15 is 0 Å². The highest BCUT2D eigenvalue weighted by Crippen LogP contribution is 2.37. The fourth-order valence-electron chi connectivity index (χ4n) is 3.78. The van der Waals surface area contributed by atoms with Crippen molar-refractivity contribution >= 4 is 28.5 Å². The smallest absolute Gasteiger partial charge is 0.393 e.